The number of urea groups is 1. The van der Waals surface area contributed by atoms with Crippen LogP contribution in [0.2, 0.25) is 8.87 Å². The van der Waals surface area contributed by atoms with Crippen LogP contribution in [0.1, 0.15) is 46.5 Å². The van der Waals surface area contributed by atoms with Crippen LogP contribution in [-0.2, 0) is 9.59 Å². The molecule has 4 amide bonds. The molecule has 126 valence electrons. The third kappa shape index (κ3) is 8.50. The minimum absolute atomic E-state index is 0. The Morgan fingerprint density at radius 2 is 1.27 bits per heavy atom. The zero-order chi connectivity index (χ0) is 16.4. The first-order valence-electron chi connectivity index (χ1n) is 7.97. The molecule has 0 saturated carbocycles. The molecule has 5 nitrogen and oxygen atoms in total. The van der Waals surface area contributed by atoms with Crippen LogP contribution in [0.25, 0.3) is 0 Å². The number of hydrogen-bond acceptors (Lipinski definition) is 3. The van der Waals surface area contributed by atoms with E-state index in [2.05, 4.69) is 13.8 Å². The van der Waals surface area contributed by atoms with Crippen LogP contribution in [0.4, 0.5) is 4.79 Å². The van der Waals surface area contributed by atoms with Gasteiger partial charge in [-0.1, -0.05) is 0 Å². The van der Waals surface area contributed by atoms with Gasteiger partial charge in [0.2, 0.25) is 11.8 Å². The second-order valence-corrected chi connectivity index (χ2v) is 11.6. The molecular weight excluding hydrogens is 415 g/mol. The number of rotatable bonds is 6. The van der Waals surface area contributed by atoms with Crippen molar-refractivity contribution in [2.24, 2.45) is 5.92 Å². The summed E-state index contributed by atoms with van der Waals surface area (Å²) in [4.78, 5) is 35.3. The van der Waals surface area contributed by atoms with E-state index in [1.54, 1.807) is 8.87 Å². The predicted molar refractivity (Wildman–Crippen MR) is 96.6 cm³/mol. The normalized spacial score (nSPS) is 15.4. The van der Waals surface area contributed by atoms with Gasteiger partial charge in [0.25, 0.3) is 0 Å². The molecule has 0 aromatic rings. The number of carbonyl (C=O) groups excluding carboxylic acids is 3. The Kier molecular flexibility index (Phi) is 15.9. The molecule has 1 fully saturated rings. The first-order valence-corrected chi connectivity index (χ1v) is 13.7. The standard InChI is InChI=1S/C7H10N2O3.2C4H9.Ca.Sn.4H/c1-4-5(10)8(2)7(12)9(3)6(4)11;2*1-3-4-2;;;;;;/h4H,1-3H3;2*1,3-4H2,2H3;;;;;;. The van der Waals surface area contributed by atoms with Crippen LogP contribution in [0.15, 0.2) is 0 Å². The molecule has 1 rings (SSSR count). The van der Waals surface area contributed by atoms with Gasteiger partial charge in [0.1, 0.15) is 5.92 Å². The van der Waals surface area contributed by atoms with E-state index in [0.717, 1.165) is 9.80 Å². The number of carbonyl (C=O) groups is 3. The molecule has 0 bridgehead atoms. The zero-order valence-corrected chi connectivity index (χ0v) is 18.2. The first kappa shape index (κ1) is 24.9. The number of unbranched alkanes of at least 4 members (excludes halogenated alkanes) is 2. The van der Waals surface area contributed by atoms with E-state index in [-0.39, 0.29) is 58.9 Å². The molecule has 0 unspecified atom stereocenters. The molecule has 1 saturated heterocycles. The monoisotopic (exact) mass is 448 g/mol. The summed E-state index contributed by atoms with van der Waals surface area (Å²) in [5.41, 5.74) is 0. The van der Waals surface area contributed by atoms with E-state index in [1.807, 2.05) is 0 Å². The molecule has 1 aliphatic heterocycles. The molecule has 0 atom stereocenters. The molecule has 1 heterocycles. The maximum atomic E-state index is 11.1. The molecule has 1 aliphatic rings. The third-order valence-electron chi connectivity index (χ3n) is 3.68. The Morgan fingerprint density at radius 3 is 1.59 bits per heavy atom. The van der Waals surface area contributed by atoms with Crippen molar-refractivity contribution in [3.8, 4) is 0 Å². The Hall–Kier alpha value is 0.668. The minimum atomic E-state index is -0.738. The van der Waals surface area contributed by atoms with Crippen molar-refractivity contribution in [1.82, 2.24) is 9.80 Å². The second kappa shape index (κ2) is 14.0. The van der Waals surface area contributed by atoms with Crippen LogP contribution in [0.5, 0.6) is 0 Å². The summed E-state index contributed by atoms with van der Waals surface area (Å²) in [5.74, 6) is -1.62. The Balaban J connectivity index is 0. The van der Waals surface area contributed by atoms with E-state index < -0.39 is 23.8 Å². The van der Waals surface area contributed by atoms with Gasteiger partial charge in [-0.3, -0.25) is 19.4 Å². The topological polar surface area (TPSA) is 57.7 Å². The fourth-order valence-electron chi connectivity index (χ4n) is 2.13. The summed E-state index contributed by atoms with van der Waals surface area (Å²) < 4.78 is 3.33. The Bertz CT molecular complexity index is 300. The van der Waals surface area contributed by atoms with Crippen molar-refractivity contribution < 1.29 is 14.4 Å². The quantitative estimate of drug-likeness (QED) is 0.351. The Morgan fingerprint density at radius 1 is 0.909 bits per heavy atom. The molecule has 0 aliphatic carbocycles. The van der Waals surface area contributed by atoms with Gasteiger partial charge in [0, 0.05) is 14.1 Å². The average Bonchev–Trinajstić information content (AvgIpc) is 2.50. The van der Waals surface area contributed by atoms with Crippen molar-refractivity contribution >= 4 is 76.7 Å². The predicted octanol–water partition coefficient (Wildman–Crippen LogP) is 1.35. The van der Waals surface area contributed by atoms with E-state index in [1.165, 1.54) is 46.7 Å². The number of hydrogen-bond donors (Lipinski definition) is 0. The van der Waals surface area contributed by atoms with Gasteiger partial charge in [-0.25, -0.2) is 4.79 Å². The summed E-state index contributed by atoms with van der Waals surface area (Å²) in [6, 6.07) is -0.567. The summed E-state index contributed by atoms with van der Waals surface area (Å²) in [7, 11) is 2.73. The number of nitrogens with zero attached hydrogens (tertiary/aromatic N) is 2. The molecule has 7 heteroatoms. The summed E-state index contributed by atoms with van der Waals surface area (Å²) in [6.07, 6.45) is 5.89. The first-order chi connectivity index (χ1) is 9.88. The van der Waals surface area contributed by atoms with E-state index >= 15 is 0 Å². The number of imide groups is 2. The molecule has 22 heavy (non-hydrogen) atoms. The molecule has 0 spiro atoms. The van der Waals surface area contributed by atoms with Crippen molar-refractivity contribution in [3.05, 3.63) is 0 Å². The zero-order valence-electron chi connectivity index (χ0n) is 14.1. The molecule has 0 radical (unpaired) electrons. The molecule has 0 aromatic heterocycles. The van der Waals surface area contributed by atoms with Crippen LogP contribution < -0.4 is 0 Å². The van der Waals surface area contributed by atoms with Gasteiger partial charge in [-0.15, -0.1) is 0 Å². The Labute approximate surface area is 174 Å². The maximum absolute atomic E-state index is 11.1. The van der Waals surface area contributed by atoms with Gasteiger partial charge in [-0.05, 0) is 6.92 Å². The van der Waals surface area contributed by atoms with Crippen molar-refractivity contribution in [2.45, 2.75) is 55.3 Å². The van der Waals surface area contributed by atoms with Gasteiger partial charge in [0.15, 0.2) is 0 Å². The molecule has 0 N–H and O–H groups in total. The summed E-state index contributed by atoms with van der Waals surface area (Å²) in [6.45, 7) is 6.08. The summed E-state index contributed by atoms with van der Waals surface area (Å²) >= 11 is -0.159. The number of barbiturate groups is 1. The van der Waals surface area contributed by atoms with E-state index in [9.17, 15) is 14.4 Å². The van der Waals surface area contributed by atoms with E-state index in [0.29, 0.717) is 0 Å². The number of amides is 4. The van der Waals surface area contributed by atoms with Gasteiger partial charge in [0.05, 0.1) is 0 Å². The van der Waals surface area contributed by atoms with Crippen LogP contribution in [-0.4, -0.2) is 101 Å². The van der Waals surface area contributed by atoms with Crippen LogP contribution in [0, 0.1) is 5.92 Å². The third-order valence-corrected chi connectivity index (χ3v) is 9.39. The van der Waals surface area contributed by atoms with Crippen LogP contribution >= 0.6 is 0 Å². The van der Waals surface area contributed by atoms with Crippen molar-refractivity contribution in [3.63, 3.8) is 0 Å². The second-order valence-electron chi connectivity index (χ2n) is 5.57. The molecule has 0 aromatic carbocycles. The van der Waals surface area contributed by atoms with Crippen LogP contribution in [0.3, 0.4) is 0 Å². The SMILES string of the molecule is CC1C(=O)N(C)C(=O)N(C)C1=O.CCC[CH2][SnH2][CH2]CCC.[CaH2]. The van der Waals surface area contributed by atoms with Gasteiger partial charge >= 0.3 is 113 Å². The van der Waals surface area contributed by atoms with Gasteiger partial charge in [-0.2, -0.15) is 0 Å². The van der Waals surface area contributed by atoms with E-state index in [4.69, 9.17) is 0 Å². The molecular formula is C15H32CaN2O3Sn. The average molecular weight is 447 g/mol. The fourth-order valence-corrected chi connectivity index (χ4v) is 8.01. The fraction of sp³-hybridized carbons (Fsp3) is 0.800. The van der Waals surface area contributed by atoms with Crippen molar-refractivity contribution in [2.75, 3.05) is 14.1 Å². The van der Waals surface area contributed by atoms with Gasteiger partial charge < -0.3 is 0 Å². The summed E-state index contributed by atoms with van der Waals surface area (Å²) in [5, 5.41) is 0. The van der Waals surface area contributed by atoms with Crippen molar-refractivity contribution in [1.29, 1.82) is 0 Å².